The molecule has 6 aromatic carbocycles. The van der Waals surface area contributed by atoms with Crippen molar-refractivity contribution in [1.82, 2.24) is 0 Å². The second-order valence-corrected chi connectivity index (χ2v) is 30.7. The molecule has 0 radical (unpaired) electrons. The summed E-state index contributed by atoms with van der Waals surface area (Å²) < 4.78 is 114. The van der Waals surface area contributed by atoms with E-state index >= 15 is 0 Å². The summed E-state index contributed by atoms with van der Waals surface area (Å²) in [5, 5.41) is 7.84. The van der Waals surface area contributed by atoms with E-state index < -0.39 is 63.0 Å². The molecule has 6 aromatic rings. The Kier molecular flexibility index (Phi) is 26.8. The maximum atomic E-state index is 11.1. The van der Waals surface area contributed by atoms with Gasteiger partial charge in [-0.25, -0.2) is 0 Å². The first-order valence-corrected chi connectivity index (χ1v) is 35.0. The molecule has 68 heavy (non-hydrogen) atoms. The van der Waals surface area contributed by atoms with Gasteiger partial charge in [-0.15, -0.1) is 0 Å². The van der Waals surface area contributed by atoms with Crippen molar-refractivity contribution >= 4 is 98.7 Å². The Hall–Kier alpha value is -3.40. The zero-order chi connectivity index (χ0) is 52.0. The molecule has 0 saturated carbocycles. The molecular formula is C42H42Cl4Mn4O16P2. The minimum atomic E-state index is -4.90. The van der Waals surface area contributed by atoms with E-state index in [2.05, 4.69) is 175 Å². The van der Waals surface area contributed by atoms with Crippen LogP contribution in [0.15, 0.2) is 170 Å². The van der Waals surface area contributed by atoms with Crippen molar-refractivity contribution < 1.29 is 115 Å². The third-order valence-corrected chi connectivity index (χ3v) is 16.3. The van der Waals surface area contributed by atoms with E-state index in [9.17, 15) is 9.59 Å². The zero-order valence-electron chi connectivity index (χ0n) is 35.7. The fourth-order valence-electron chi connectivity index (χ4n) is 5.76. The number of hydrogen-bond acceptors (Lipinski definition) is 14. The molecule has 0 aromatic heterocycles. The van der Waals surface area contributed by atoms with E-state index in [1.807, 2.05) is 48.5 Å². The third-order valence-electron chi connectivity index (χ3n) is 8.32. The van der Waals surface area contributed by atoms with Crippen molar-refractivity contribution in [2.45, 2.75) is 13.8 Å². The Bertz CT molecular complexity index is 2570. The van der Waals surface area contributed by atoms with Crippen LogP contribution in [0.4, 0.5) is 0 Å². The maximum absolute atomic E-state index is 11.1. The Morgan fingerprint density at radius 1 is 0.397 bits per heavy atom. The molecule has 0 aliphatic rings. The second-order valence-electron chi connectivity index (χ2n) is 13.0. The molecule has 6 rings (SSSR count). The van der Waals surface area contributed by atoms with Gasteiger partial charge in [0, 0.05) is 13.8 Å². The SMILES string of the molecule is CC(=O)Oc1ccc([P+](C)(c2ccccc2)c2ccccc2)cc1.CC(=O)Oc1ccc([P+](C)(c2ccccc2)c2ccccc2)cc1.[O]=[Mn](=[O])([O-])[Cl].[O]=[Mn](=[O])([O-])[Cl].[O]=[Mn](=[O])([OH])[Cl].[O]=[Mn](=[O])([OH])[Cl]. The molecule has 0 atom stereocenters. The number of hydrogen-bond donors (Lipinski definition) is 2. The van der Waals surface area contributed by atoms with Gasteiger partial charge in [0.1, 0.15) is 57.9 Å². The van der Waals surface area contributed by atoms with E-state index in [0.29, 0.717) is 11.5 Å². The predicted molar refractivity (Wildman–Crippen MR) is 238 cm³/mol. The van der Waals surface area contributed by atoms with Gasteiger partial charge in [0.25, 0.3) is 0 Å². The van der Waals surface area contributed by atoms with E-state index in [4.69, 9.17) is 56.9 Å². The molecule has 0 fully saturated rings. The first-order chi connectivity index (χ1) is 31.2. The normalized spacial score (nSPS) is 11.2. The van der Waals surface area contributed by atoms with Crippen molar-refractivity contribution in [1.29, 1.82) is 0 Å². The van der Waals surface area contributed by atoms with E-state index in [1.54, 1.807) is 0 Å². The summed E-state index contributed by atoms with van der Waals surface area (Å²) in [5.41, 5.74) is 0. The summed E-state index contributed by atoms with van der Waals surface area (Å²) in [7, 11) is 12.8. The molecule has 0 spiro atoms. The topological polar surface area (TPSA) is 276 Å². The Morgan fingerprint density at radius 2 is 0.544 bits per heavy atom. The molecule has 0 saturated heterocycles. The van der Waals surface area contributed by atoms with Crippen LogP contribution < -0.4 is 49.7 Å². The van der Waals surface area contributed by atoms with Crippen molar-refractivity contribution in [3.63, 3.8) is 0 Å². The molecule has 2 N–H and O–H groups in total. The van der Waals surface area contributed by atoms with Crippen LogP contribution in [0.5, 0.6) is 11.5 Å². The average Bonchev–Trinajstić information content (AvgIpc) is 3.22. The van der Waals surface area contributed by atoms with Crippen molar-refractivity contribution in [3.8, 4) is 11.5 Å². The predicted octanol–water partition coefficient (Wildman–Crippen LogP) is 5.38. The summed E-state index contributed by atoms with van der Waals surface area (Å²) in [6, 6.07) is 58.2. The number of rotatable bonds is 8. The monoisotopic (exact) mass is 1220 g/mol. The number of benzene rings is 6. The van der Waals surface area contributed by atoms with Gasteiger partial charge in [0.2, 0.25) is 0 Å². The molecule has 0 amide bonds. The molecule has 16 nitrogen and oxygen atoms in total. The molecule has 0 aliphatic carbocycles. The quantitative estimate of drug-likeness (QED) is 0.0838. The van der Waals surface area contributed by atoms with Crippen LogP contribution in [0.2, 0.25) is 0 Å². The van der Waals surface area contributed by atoms with Crippen LogP contribution in [0.3, 0.4) is 0 Å². The summed E-state index contributed by atoms with van der Waals surface area (Å²) in [6.45, 7) is 7.49. The van der Waals surface area contributed by atoms with Crippen LogP contribution in [-0.4, -0.2) is 33.6 Å². The Labute approximate surface area is 418 Å². The number of ether oxygens (including phenoxy) is 2. The Morgan fingerprint density at radius 3 is 0.691 bits per heavy atom. The fraction of sp³-hybridized carbons (Fsp3) is 0.0952. The molecular weight excluding hydrogens is 1180 g/mol. The van der Waals surface area contributed by atoms with E-state index in [1.165, 1.54) is 45.7 Å². The Balaban J connectivity index is 0.000000488. The van der Waals surface area contributed by atoms with Crippen LogP contribution in [-0.2, 0) is 88.8 Å². The summed E-state index contributed by atoms with van der Waals surface area (Å²) >= 11 is -19.1. The van der Waals surface area contributed by atoms with Crippen molar-refractivity contribution in [2.24, 2.45) is 0 Å². The van der Waals surface area contributed by atoms with Gasteiger partial charge in [-0.1, -0.05) is 72.8 Å². The van der Waals surface area contributed by atoms with Crippen LogP contribution in [0.25, 0.3) is 0 Å². The van der Waals surface area contributed by atoms with Crippen LogP contribution in [0.1, 0.15) is 13.8 Å². The van der Waals surface area contributed by atoms with Gasteiger partial charge in [0.15, 0.2) is 0 Å². The van der Waals surface area contributed by atoms with E-state index in [0.717, 1.165) is 0 Å². The van der Waals surface area contributed by atoms with Crippen LogP contribution in [0, 0.1) is 0 Å². The molecule has 0 heterocycles. The van der Waals surface area contributed by atoms with Gasteiger partial charge in [-0.05, 0) is 97.1 Å². The van der Waals surface area contributed by atoms with Crippen LogP contribution >= 0.6 is 54.9 Å². The molecule has 0 aliphatic heterocycles. The second kappa shape index (κ2) is 29.1. The minimum absolute atomic E-state index is 0.300. The number of carbonyl (C=O) groups is 2. The zero-order valence-corrected chi connectivity index (χ0v) is 45.2. The van der Waals surface area contributed by atoms with Crippen molar-refractivity contribution in [2.75, 3.05) is 13.3 Å². The standard InChI is InChI=1S/2C21H20O2P.4ClH.4Mn.2H2O.10O/c2*1-17(22)23-18-13-15-21(16-14-18)24(2,19-9-5-3-6-10-19)20-11-7-4-8-12-20;;;;;;;;;;;;;;;;;;;;/h2*3-16H,1-2H3;4*1H;;;;;2*1H2;;;;;;;;;;/q2*+1;;;;;2*+1;2*+2;;;;;;;;;;;2*-1/p-6. The van der Waals surface area contributed by atoms with Crippen molar-refractivity contribution in [3.05, 3.63) is 170 Å². The number of esters is 2. The average molecular weight is 1230 g/mol. The third kappa shape index (κ3) is 27.7. The summed E-state index contributed by atoms with van der Waals surface area (Å²) in [4.78, 5) is 22.2. The summed E-state index contributed by atoms with van der Waals surface area (Å²) in [6.07, 6.45) is 0. The molecule has 372 valence electrons. The van der Waals surface area contributed by atoms with E-state index in [-0.39, 0.29) is 11.9 Å². The molecule has 0 bridgehead atoms. The molecule has 26 heteroatoms. The fourth-order valence-corrected chi connectivity index (χ4v) is 12.1. The summed E-state index contributed by atoms with van der Waals surface area (Å²) in [5.74, 6) is 0.565. The van der Waals surface area contributed by atoms with Gasteiger partial charge in [0.05, 0.1) is 13.3 Å². The van der Waals surface area contributed by atoms with Gasteiger partial charge >= 0.3 is 148 Å². The molecule has 0 unspecified atom stereocenters. The van der Waals surface area contributed by atoms with Gasteiger partial charge in [-0.2, -0.15) is 0 Å². The number of halogens is 4. The first-order valence-electron chi connectivity index (χ1n) is 18.2. The first kappa shape index (κ1) is 62.6. The van der Waals surface area contributed by atoms with Gasteiger partial charge < -0.3 is 9.47 Å². The number of carbonyl (C=O) groups excluding carboxylic acids is 2. The van der Waals surface area contributed by atoms with Gasteiger partial charge in [-0.3, -0.25) is 9.59 Å².